The summed E-state index contributed by atoms with van der Waals surface area (Å²) in [6.07, 6.45) is 3.84. The van der Waals surface area contributed by atoms with Gasteiger partial charge in [-0.25, -0.2) is 4.98 Å². The Kier molecular flexibility index (Phi) is 4.45. The smallest absolute Gasteiger partial charge is 0.235 e. The molecule has 0 aromatic carbocycles. The molecule has 6 nitrogen and oxygen atoms in total. The third-order valence-corrected chi connectivity index (χ3v) is 5.52. The Bertz CT molecular complexity index is 743. The Hall–Kier alpha value is -1.85. The Morgan fingerprint density at radius 2 is 2.41 bits per heavy atom. The molecular weight excluding hydrogens is 318 g/mol. The van der Waals surface area contributed by atoms with Gasteiger partial charge in [-0.05, 0) is 24.8 Å². The minimum absolute atomic E-state index is 0.135. The van der Waals surface area contributed by atoms with Gasteiger partial charge in [-0.2, -0.15) is 5.26 Å². The minimum atomic E-state index is -0.135. The number of H-pyrrole nitrogens is 1. The molecule has 0 saturated carbocycles. The van der Waals surface area contributed by atoms with Gasteiger partial charge in [-0.1, -0.05) is 18.7 Å². The van der Waals surface area contributed by atoms with Crippen LogP contribution in [-0.4, -0.2) is 26.8 Å². The van der Waals surface area contributed by atoms with Crippen LogP contribution in [0, 0.1) is 11.3 Å². The van der Waals surface area contributed by atoms with E-state index in [0.29, 0.717) is 15.7 Å². The molecule has 0 saturated heterocycles. The van der Waals surface area contributed by atoms with E-state index >= 15 is 0 Å². The third kappa shape index (κ3) is 3.00. The van der Waals surface area contributed by atoms with Crippen LogP contribution >= 0.6 is 23.1 Å². The molecule has 0 aliphatic heterocycles. The van der Waals surface area contributed by atoms with Crippen LogP contribution in [0.25, 0.3) is 0 Å². The maximum atomic E-state index is 12.1. The summed E-state index contributed by atoms with van der Waals surface area (Å²) in [7, 11) is 0. The summed E-state index contributed by atoms with van der Waals surface area (Å²) >= 11 is 2.81. The molecule has 2 aromatic rings. The van der Waals surface area contributed by atoms with Crippen LogP contribution in [-0.2, 0) is 24.1 Å². The van der Waals surface area contributed by atoms with Crippen LogP contribution in [0.2, 0.25) is 0 Å². The third-order valence-electron chi connectivity index (χ3n) is 3.46. The maximum absolute atomic E-state index is 12.1. The molecule has 114 valence electrons. The van der Waals surface area contributed by atoms with Crippen LogP contribution in [0.5, 0.6) is 0 Å². The predicted molar refractivity (Wildman–Crippen MR) is 86.2 cm³/mol. The number of anilines is 1. The predicted octanol–water partition coefficient (Wildman–Crippen LogP) is 2.52. The fourth-order valence-corrected chi connectivity index (χ4v) is 4.28. The second-order valence-corrected chi connectivity index (χ2v) is 6.98. The van der Waals surface area contributed by atoms with Gasteiger partial charge in [0.05, 0.1) is 11.3 Å². The zero-order chi connectivity index (χ0) is 15.5. The topological polar surface area (TPSA) is 94.5 Å². The number of fused-ring (bicyclic) bond motifs is 1. The van der Waals surface area contributed by atoms with Crippen molar-refractivity contribution in [2.24, 2.45) is 0 Å². The number of hydrogen-bond donors (Lipinski definition) is 2. The second kappa shape index (κ2) is 6.50. The molecule has 2 N–H and O–H groups in total. The van der Waals surface area contributed by atoms with Gasteiger partial charge >= 0.3 is 0 Å². The van der Waals surface area contributed by atoms with E-state index in [1.54, 1.807) is 0 Å². The van der Waals surface area contributed by atoms with Crippen LogP contribution in [0.1, 0.15) is 35.2 Å². The van der Waals surface area contributed by atoms with Crippen LogP contribution in [0.15, 0.2) is 5.16 Å². The summed E-state index contributed by atoms with van der Waals surface area (Å²) < 4.78 is 0. The van der Waals surface area contributed by atoms with Gasteiger partial charge < -0.3 is 5.32 Å². The molecule has 8 heteroatoms. The molecule has 0 spiro atoms. The van der Waals surface area contributed by atoms with Gasteiger partial charge in [0.25, 0.3) is 0 Å². The molecule has 1 aliphatic rings. The molecular formula is C14H15N5OS2. The van der Waals surface area contributed by atoms with Gasteiger partial charge in [0.2, 0.25) is 11.1 Å². The van der Waals surface area contributed by atoms with E-state index in [0.717, 1.165) is 37.1 Å². The van der Waals surface area contributed by atoms with Crippen molar-refractivity contribution in [2.75, 3.05) is 11.1 Å². The van der Waals surface area contributed by atoms with Gasteiger partial charge in [-0.15, -0.1) is 16.4 Å². The number of hydrogen-bond acceptors (Lipinski definition) is 6. The molecule has 1 amide bonds. The average molecular weight is 333 g/mol. The largest absolute Gasteiger partial charge is 0.316 e. The molecule has 0 atom stereocenters. The summed E-state index contributed by atoms with van der Waals surface area (Å²) in [5, 5.41) is 20.3. The molecule has 2 aromatic heterocycles. The monoisotopic (exact) mass is 333 g/mol. The molecule has 3 rings (SSSR count). The second-order valence-electron chi connectivity index (χ2n) is 4.93. The SMILES string of the molecule is CCc1nc(SCC(=O)Nc2sc3c(c2C#N)CCC3)n[nH]1. The number of nitriles is 1. The summed E-state index contributed by atoms with van der Waals surface area (Å²) in [4.78, 5) is 17.5. The molecule has 0 unspecified atom stereocenters. The number of amides is 1. The number of nitrogens with one attached hydrogen (secondary N) is 2. The number of nitrogens with zero attached hydrogens (tertiary/aromatic N) is 3. The first kappa shape index (κ1) is 15.1. The van der Waals surface area contributed by atoms with E-state index in [1.807, 2.05) is 6.92 Å². The summed E-state index contributed by atoms with van der Waals surface area (Å²) in [5.74, 6) is 0.905. The molecule has 1 aliphatic carbocycles. The molecule has 0 radical (unpaired) electrons. The lowest BCUT2D eigenvalue weighted by molar-refractivity contribution is -0.113. The minimum Gasteiger partial charge on any atom is -0.316 e. The summed E-state index contributed by atoms with van der Waals surface area (Å²) in [6, 6.07) is 2.23. The van der Waals surface area contributed by atoms with E-state index in [4.69, 9.17) is 0 Å². The Morgan fingerprint density at radius 3 is 3.14 bits per heavy atom. The number of thioether (sulfide) groups is 1. The molecule has 2 heterocycles. The highest BCUT2D eigenvalue weighted by atomic mass is 32.2. The van der Waals surface area contributed by atoms with Crippen molar-refractivity contribution in [3.05, 3.63) is 21.8 Å². The number of rotatable bonds is 5. The van der Waals surface area contributed by atoms with Crippen molar-refractivity contribution in [1.82, 2.24) is 15.2 Å². The highest BCUT2D eigenvalue weighted by Gasteiger charge is 2.23. The summed E-state index contributed by atoms with van der Waals surface area (Å²) in [5.41, 5.74) is 1.76. The maximum Gasteiger partial charge on any atom is 0.235 e. The highest BCUT2D eigenvalue weighted by Crippen LogP contribution is 2.38. The van der Waals surface area contributed by atoms with Crippen molar-refractivity contribution in [3.8, 4) is 6.07 Å². The first-order chi connectivity index (χ1) is 10.7. The first-order valence-corrected chi connectivity index (χ1v) is 8.90. The van der Waals surface area contributed by atoms with Gasteiger partial charge in [0.15, 0.2) is 0 Å². The van der Waals surface area contributed by atoms with Gasteiger partial charge in [-0.3, -0.25) is 9.89 Å². The fraction of sp³-hybridized carbons (Fsp3) is 0.429. The van der Waals surface area contributed by atoms with E-state index in [9.17, 15) is 10.1 Å². The summed E-state index contributed by atoms with van der Waals surface area (Å²) in [6.45, 7) is 1.99. The zero-order valence-corrected chi connectivity index (χ0v) is 13.7. The number of carbonyl (C=O) groups is 1. The van der Waals surface area contributed by atoms with E-state index in [2.05, 4.69) is 26.6 Å². The first-order valence-electron chi connectivity index (χ1n) is 7.09. The zero-order valence-electron chi connectivity index (χ0n) is 12.1. The van der Waals surface area contributed by atoms with Crippen LogP contribution in [0.4, 0.5) is 5.00 Å². The van der Waals surface area contributed by atoms with E-state index in [-0.39, 0.29) is 11.7 Å². The van der Waals surface area contributed by atoms with Crippen molar-refractivity contribution in [3.63, 3.8) is 0 Å². The highest BCUT2D eigenvalue weighted by molar-refractivity contribution is 7.99. The Labute approximate surface area is 136 Å². The van der Waals surface area contributed by atoms with Crippen LogP contribution < -0.4 is 5.32 Å². The fourth-order valence-electron chi connectivity index (χ4n) is 2.40. The number of aromatic amines is 1. The number of aryl methyl sites for hydroxylation is 2. The van der Waals surface area contributed by atoms with Crippen LogP contribution in [0.3, 0.4) is 0 Å². The number of aromatic nitrogens is 3. The standard InChI is InChI=1S/C14H15N5OS2/c1-2-11-16-14(19-18-11)21-7-12(20)17-13-9(6-15)8-4-3-5-10(8)22-13/h2-5,7H2,1H3,(H,17,20)(H,16,18,19). The van der Waals surface area contributed by atoms with Gasteiger partial charge in [0.1, 0.15) is 16.9 Å². The van der Waals surface area contributed by atoms with E-state index in [1.165, 1.54) is 28.0 Å². The quantitative estimate of drug-likeness (QED) is 0.820. The lowest BCUT2D eigenvalue weighted by atomic mass is 10.1. The van der Waals surface area contributed by atoms with Crippen molar-refractivity contribution < 1.29 is 4.79 Å². The average Bonchev–Trinajstić information content (AvgIpc) is 3.20. The van der Waals surface area contributed by atoms with Crippen molar-refractivity contribution in [2.45, 2.75) is 37.8 Å². The molecule has 0 bridgehead atoms. The Balaban J connectivity index is 1.61. The van der Waals surface area contributed by atoms with Crippen molar-refractivity contribution in [1.29, 1.82) is 5.26 Å². The molecule has 0 fully saturated rings. The number of carbonyl (C=O) groups excluding carboxylic acids is 1. The van der Waals surface area contributed by atoms with Gasteiger partial charge in [0, 0.05) is 11.3 Å². The number of thiophene rings is 1. The van der Waals surface area contributed by atoms with E-state index < -0.39 is 0 Å². The van der Waals surface area contributed by atoms with Crippen molar-refractivity contribution >= 4 is 34.0 Å². The Morgan fingerprint density at radius 1 is 1.55 bits per heavy atom. The normalized spacial score (nSPS) is 12.9. The lowest BCUT2D eigenvalue weighted by Gasteiger charge is -2.02. The molecule has 22 heavy (non-hydrogen) atoms. The lowest BCUT2D eigenvalue weighted by Crippen LogP contribution is -2.14.